The Bertz CT molecular complexity index is 266. The highest BCUT2D eigenvalue weighted by atomic mass is 16.1. The third-order valence-electron chi connectivity index (χ3n) is 1.13. The molecule has 1 heterocycles. The van der Waals surface area contributed by atoms with Crippen LogP contribution < -0.4 is 11.0 Å². The number of nitrogens with one attached hydrogen (secondary N) is 1. The van der Waals surface area contributed by atoms with E-state index in [0.29, 0.717) is 11.2 Å². The molecule has 0 amide bonds. The van der Waals surface area contributed by atoms with Crippen LogP contribution >= 0.6 is 0 Å². The quantitative estimate of drug-likeness (QED) is 0.458. The van der Waals surface area contributed by atoms with E-state index in [4.69, 9.17) is 7.85 Å². The van der Waals surface area contributed by atoms with Crippen LogP contribution in [-0.2, 0) is 0 Å². The highest BCUT2D eigenvalue weighted by Gasteiger charge is 1.89. The Morgan fingerprint density at radius 2 is 2.33 bits per heavy atom. The number of aromatic amines is 1. The third-order valence-corrected chi connectivity index (χ3v) is 1.13. The van der Waals surface area contributed by atoms with Gasteiger partial charge in [-0.15, -0.1) is 0 Å². The van der Waals surface area contributed by atoms with E-state index in [0.717, 1.165) is 0 Å². The van der Waals surface area contributed by atoms with E-state index < -0.39 is 0 Å². The van der Waals surface area contributed by atoms with Gasteiger partial charge in [-0.1, -0.05) is 0 Å². The van der Waals surface area contributed by atoms with E-state index in [1.165, 1.54) is 6.07 Å². The molecule has 1 aromatic rings. The maximum Gasteiger partial charge on any atom is 0.183 e. The molecular formula is C6H6BNO. The van der Waals surface area contributed by atoms with Gasteiger partial charge in [0, 0.05) is 11.8 Å². The van der Waals surface area contributed by atoms with Crippen LogP contribution in [0.1, 0.15) is 5.56 Å². The van der Waals surface area contributed by atoms with Gasteiger partial charge < -0.3 is 4.98 Å². The minimum Gasteiger partial charge on any atom is -0.374 e. The normalized spacial score (nSPS) is 9.44. The Morgan fingerprint density at radius 1 is 1.67 bits per heavy atom. The lowest BCUT2D eigenvalue weighted by atomic mass is 10.0. The van der Waals surface area contributed by atoms with Crippen molar-refractivity contribution in [1.29, 1.82) is 0 Å². The molecule has 0 saturated heterocycles. The molecule has 0 unspecified atom stereocenters. The van der Waals surface area contributed by atoms with E-state index in [1.54, 1.807) is 13.1 Å². The average molecular weight is 119 g/mol. The molecule has 2 nitrogen and oxygen atoms in total. The van der Waals surface area contributed by atoms with Crippen molar-refractivity contribution in [3.8, 4) is 0 Å². The van der Waals surface area contributed by atoms with E-state index >= 15 is 0 Å². The molecule has 9 heavy (non-hydrogen) atoms. The molecule has 0 atom stereocenters. The van der Waals surface area contributed by atoms with Crippen LogP contribution in [0.5, 0.6) is 0 Å². The first-order chi connectivity index (χ1) is 4.20. The van der Waals surface area contributed by atoms with Gasteiger partial charge in [0.05, 0.1) is 0 Å². The maximum atomic E-state index is 10.7. The van der Waals surface area contributed by atoms with Crippen LogP contribution in [0, 0.1) is 6.92 Å². The van der Waals surface area contributed by atoms with Crippen molar-refractivity contribution in [3.63, 3.8) is 0 Å². The zero-order chi connectivity index (χ0) is 6.85. The molecule has 1 N–H and O–H groups in total. The average Bonchev–Trinajstić information content (AvgIpc) is 1.80. The summed E-state index contributed by atoms with van der Waals surface area (Å²) in [5, 5.41) is 0. The highest BCUT2D eigenvalue weighted by Crippen LogP contribution is 1.77. The Morgan fingerprint density at radius 3 is 2.78 bits per heavy atom. The fourth-order valence-corrected chi connectivity index (χ4v) is 0.559. The molecule has 44 valence electrons. The summed E-state index contributed by atoms with van der Waals surface area (Å²) in [6.45, 7) is 1.73. The number of hydrogen-bond acceptors (Lipinski definition) is 1. The first-order valence-electron chi connectivity index (χ1n) is 2.65. The lowest BCUT2D eigenvalue weighted by Gasteiger charge is -1.91. The van der Waals surface area contributed by atoms with Crippen LogP contribution in [0.4, 0.5) is 0 Å². The van der Waals surface area contributed by atoms with Gasteiger partial charge in [-0.05, 0) is 18.6 Å². The number of aryl methyl sites for hydroxylation is 1. The molecule has 0 saturated carbocycles. The van der Waals surface area contributed by atoms with Gasteiger partial charge in [-0.2, -0.15) is 0 Å². The van der Waals surface area contributed by atoms with E-state index in [-0.39, 0.29) is 5.43 Å². The SMILES string of the molecule is [B]c1cc(=O)c(C)c[nH]1. The predicted molar refractivity (Wildman–Crippen MR) is 37.2 cm³/mol. The topological polar surface area (TPSA) is 32.9 Å². The first kappa shape index (κ1) is 6.14. The summed E-state index contributed by atoms with van der Waals surface area (Å²) in [6, 6.07) is 1.37. The molecule has 0 aliphatic heterocycles. The van der Waals surface area contributed by atoms with Gasteiger partial charge in [-0.25, -0.2) is 0 Å². The summed E-state index contributed by atoms with van der Waals surface area (Å²) in [4.78, 5) is 13.5. The number of pyridine rings is 1. The summed E-state index contributed by atoms with van der Waals surface area (Å²) in [6.07, 6.45) is 1.59. The Balaban J connectivity index is 3.34. The molecule has 0 spiro atoms. The summed E-state index contributed by atoms with van der Waals surface area (Å²) < 4.78 is 0. The summed E-state index contributed by atoms with van der Waals surface area (Å²) >= 11 is 0. The van der Waals surface area contributed by atoms with Crippen molar-refractivity contribution in [2.75, 3.05) is 0 Å². The van der Waals surface area contributed by atoms with Crippen molar-refractivity contribution >= 4 is 13.4 Å². The van der Waals surface area contributed by atoms with Crippen LogP contribution in [0.15, 0.2) is 17.1 Å². The van der Waals surface area contributed by atoms with Crippen LogP contribution in [0.25, 0.3) is 0 Å². The highest BCUT2D eigenvalue weighted by molar-refractivity contribution is 6.30. The molecule has 2 radical (unpaired) electrons. The molecule has 0 aliphatic carbocycles. The lowest BCUT2D eigenvalue weighted by molar-refractivity contribution is 1.27. The number of hydrogen-bond donors (Lipinski definition) is 1. The second-order valence-electron chi connectivity index (χ2n) is 1.94. The summed E-state index contributed by atoms with van der Waals surface area (Å²) in [5.74, 6) is 0. The Labute approximate surface area is 54.3 Å². The zero-order valence-electron chi connectivity index (χ0n) is 5.14. The van der Waals surface area contributed by atoms with Crippen LogP contribution in [0.2, 0.25) is 0 Å². The predicted octanol–water partition coefficient (Wildman–Crippen LogP) is -0.523. The minimum absolute atomic E-state index is 0.0220. The largest absolute Gasteiger partial charge is 0.374 e. The zero-order valence-corrected chi connectivity index (χ0v) is 5.14. The van der Waals surface area contributed by atoms with Gasteiger partial charge >= 0.3 is 0 Å². The number of aromatic nitrogens is 1. The fraction of sp³-hybridized carbons (Fsp3) is 0.167. The van der Waals surface area contributed by atoms with Crippen LogP contribution in [-0.4, -0.2) is 12.8 Å². The monoisotopic (exact) mass is 119 g/mol. The third kappa shape index (κ3) is 1.22. The van der Waals surface area contributed by atoms with Gasteiger partial charge in [-0.3, -0.25) is 4.79 Å². The molecule has 1 rings (SSSR count). The number of H-pyrrole nitrogens is 1. The second-order valence-corrected chi connectivity index (χ2v) is 1.94. The van der Waals surface area contributed by atoms with Crippen molar-refractivity contribution in [1.82, 2.24) is 4.98 Å². The van der Waals surface area contributed by atoms with Crippen LogP contribution in [0.3, 0.4) is 0 Å². The summed E-state index contributed by atoms with van der Waals surface area (Å²) in [5.41, 5.74) is 1.07. The molecule has 0 fully saturated rings. The molecule has 0 aliphatic rings. The van der Waals surface area contributed by atoms with Gasteiger partial charge in [0.25, 0.3) is 0 Å². The van der Waals surface area contributed by atoms with Gasteiger partial charge in [0.1, 0.15) is 7.85 Å². The maximum absolute atomic E-state index is 10.7. The molecule has 0 aromatic carbocycles. The standard InChI is InChI=1S/C6H6BNO/c1-4-3-8-6(7)2-5(4)9/h2-3H,1H3,(H,8,9). The molecule has 3 heteroatoms. The van der Waals surface area contributed by atoms with Crippen molar-refractivity contribution in [2.45, 2.75) is 6.92 Å². The molecule has 0 bridgehead atoms. The van der Waals surface area contributed by atoms with E-state index in [2.05, 4.69) is 4.98 Å². The first-order valence-corrected chi connectivity index (χ1v) is 2.65. The van der Waals surface area contributed by atoms with Crippen molar-refractivity contribution in [2.24, 2.45) is 0 Å². The number of rotatable bonds is 0. The van der Waals surface area contributed by atoms with E-state index in [1.807, 2.05) is 0 Å². The van der Waals surface area contributed by atoms with Gasteiger partial charge in [0.15, 0.2) is 5.43 Å². The summed E-state index contributed by atoms with van der Waals surface area (Å²) in [7, 11) is 5.27. The van der Waals surface area contributed by atoms with Gasteiger partial charge in [0.2, 0.25) is 0 Å². The second kappa shape index (κ2) is 2.09. The van der Waals surface area contributed by atoms with Crippen molar-refractivity contribution in [3.05, 3.63) is 28.0 Å². The Kier molecular flexibility index (Phi) is 1.43. The van der Waals surface area contributed by atoms with Crippen molar-refractivity contribution < 1.29 is 0 Å². The smallest absolute Gasteiger partial charge is 0.183 e. The Hall–Kier alpha value is -0.985. The minimum atomic E-state index is -0.0220. The molecular weight excluding hydrogens is 113 g/mol. The molecule has 1 aromatic heterocycles. The fourth-order valence-electron chi connectivity index (χ4n) is 0.559. The lowest BCUT2D eigenvalue weighted by Crippen LogP contribution is -2.16. The van der Waals surface area contributed by atoms with E-state index in [9.17, 15) is 4.79 Å².